The Morgan fingerprint density at radius 1 is 1.55 bits per heavy atom. The summed E-state index contributed by atoms with van der Waals surface area (Å²) in [5.74, 6) is -0.599. The summed E-state index contributed by atoms with van der Waals surface area (Å²) in [7, 11) is 0. The summed E-state index contributed by atoms with van der Waals surface area (Å²) in [6.07, 6.45) is 3.56. The molecule has 0 unspecified atom stereocenters. The Labute approximate surface area is 71.4 Å². The van der Waals surface area contributed by atoms with Gasteiger partial charge >= 0.3 is 5.97 Å². The molecule has 66 valence electrons. The van der Waals surface area contributed by atoms with Crippen LogP contribution in [0.15, 0.2) is 0 Å². The van der Waals surface area contributed by atoms with Gasteiger partial charge in [0.05, 0.1) is 0 Å². The van der Waals surface area contributed by atoms with Gasteiger partial charge in [-0.3, -0.25) is 4.79 Å². The average molecular weight is 181 g/mol. The number of carbonyl (C=O) groups excluding carboxylic acids is 1. The standard InChI is InChI=1S/C5H11Cl.C2H2O3/c1-2-3-4-5-6;3-1-2(4)5/h2-5H2,1H3;1H,(H,4,5). The first-order chi connectivity index (χ1) is 5.18. The van der Waals surface area contributed by atoms with Gasteiger partial charge in [0, 0.05) is 5.88 Å². The lowest BCUT2D eigenvalue weighted by molar-refractivity contribution is -0.143. The van der Waals surface area contributed by atoms with Gasteiger partial charge in [-0.15, -0.1) is 11.6 Å². The summed E-state index contributed by atoms with van der Waals surface area (Å²) >= 11 is 5.38. The van der Waals surface area contributed by atoms with E-state index < -0.39 is 5.97 Å². The van der Waals surface area contributed by atoms with E-state index in [1.165, 1.54) is 19.3 Å². The van der Waals surface area contributed by atoms with E-state index >= 15 is 0 Å². The second-order valence-corrected chi connectivity index (χ2v) is 2.23. The molecule has 0 aromatic heterocycles. The van der Waals surface area contributed by atoms with Crippen LogP contribution in [0.25, 0.3) is 0 Å². The van der Waals surface area contributed by atoms with Crippen LogP contribution in [0.3, 0.4) is 0 Å². The highest BCUT2D eigenvalue weighted by molar-refractivity contribution is 6.19. The largest absolute Gasteiger partial charge is 0.476 e. The van der Waals surface area contributed by atoms with Gasteiger partial charge in [-0.1, -0.05) is 19.8 Å². The van der Waals surface area contributed by atoms with Gasteiger partial charge in [0.1, 0.15) is 0 Å². The van der Waals surface area contributed by atoms with Crippen LogP contribution in [0.4, 0.5) is 0 Å². The molecule has 3 nitrogen and oxygen atoms in total. The van der Waals surface area contributed by atoms with E-state index in [0.29, 0.717) is 0 Å². The Bertz CT molecular complexity index is 99.9. The third kappa shape index (κ3) is 26.5. The van der Waals surface area contributed by atoms with Gasteiger partial charge in [0.25, 0.3) is 0 Å². The molecule has 0 spiro atoms. The third-order valence-electron chi connectivity index (χ3n) is 0.838. The number of aliphatic carboxylic acids is 1. The molecule has 0 amide bonds. The molecule has 11 heavy (non-hydrogen) atoms. The summed E-state index contributed by atoms with van der Waals surface area (Å²) in [6, 6.07) is 0. The highest BCUT2D eigenvalue weighted by atomic mass is 35.5. The number of carbonyl (C=O) groups is 2. The first-order valence-corrected chi connectivity index (χ1v) is 3.96. The van der Waals surface area contributed by atoms with Crippen LogP contribution in [0, 0.1) is 0 Å². The van der Waals surface area contributed by atoms with E-state index in [1.807, 2.05) is 0 Å². The van der Waals surface area contributed by atoms with Crippen LogP contribution < -0.4 is 0 Å². The molecule has 0 aliphatic carbocycles. The van der Waals surface area contributed by atoms with E-state index in [-0.39, 0.29) is 6.29 Å². The van der Waals surface area contributed by atoms with Gasteiger partial charge < -0.3 is 5.11 Å². The quantitative estimate of drug-likeness (QED) is 0.310. The summed E-state index contributed by atoms with van der Waals surface area (Å²) < 4.78 is 0. The van der Waals surface area contributed by atoms with E-state index in [4.69, 9.17) is 26.3 Å². The maximum Gasteiger partial charge on any atom is 0.368 e. The SMILES string of the molecule is CCCCCCl.O=CC(=O)O. The molecule has 1 N–H and O–H groups in total. The van der Waals surface area contributed by atoms with E-state index in [0.717, 1.165) is 5.88 Å². The van der Waals surface area contributed by atoms with Gasteiger partial charge in [0.2, 0.25) is 6.29 Å². The number of alkyl halides is 1. The van der Waals surface area contributed by atoms with E-state index in [9.17, 15) is 0 Å². The van der Waals surface area contributed by atoms with Crippen molar-refractivity contribution in [3.05, 3.63) is 0 Å². The zero-order valence-electron chi connectivity index (χ0n) is 6.55. The Hall–Kier alpha value is -0.570. The van der Waals surface area contributed by atoms with Crippen molar-refractivity contribution < 1.29 is 14.7 Å². The average Bonchev–Trinajstić information content (AvgIpc) is 2.02. The molecule has 0 rings (SSSR count). The summed E-state index contributed by atoms with van der Waals surface area (Å²) in [4.78, 5) is 17.9. The summed E-state index contributed by atoms with van der Waals surface area (Å²) in [5.41, 5.74) is 0. The fourth-order valence-corrected chi connectivity index (χ4v) is 0.533. The molecule has 4 heteroatoms. The van der Waals surface area contributed by atoms with E-state index in [2.05, 4.69) is 6.92 Å². The van der Waals surface area contributed by atoms with Crippen molar-refractivity contribution in [2.45, 2.75) is 26.2 Å². The molecule has 0 aliphatic rings. The Morgan fingerprint density at radius 3 is 2.09 bits per heavy atom. The minimum atomic E-state index is -1.43. The second-order valence-electron chi connectivity index (χ2n) is 1.85. The molecule has 0 fully saturated rings. The van der Waals surface area contributed by atoms with Crippen LogP contribution in [-0.4, -0.2) is 23.2 Å². The van der Waals surface area contributed by atoms with Gasteiger partial charge in [0.15, 0.2) is 0 Å². The van der Waals surface area contributed by atoms with Crippen molar-refractivity contribution in [3.63, 3.8) is 0 Å². The molecule has 0 atom stereocenters. The van der Waals surface area contributed by atoms with Crippen LogP contribution in [0.5, 0.6) is 0 Å². The van der Waals surface area contributed by atoms with Gasteiger partial charge in [-0.05, 0) is 6.42 Å². The first-order valence-electron chi connectivity index (χ1n) is 3.43. The van der Waals surface area contributed by atoms with Crippen molar-refractivity contribution in [2.75, 3.05) is 5.88 Å². The topological polar surface area (TPSA) is 54.4 Å². The zero-order chi connectivity index (χ0) is 9.11. The molecule has 0 heterocycles. The number of aldehydes is 1. The molecule has 0 aromatic rings. The molecule has 0 radical (unpaired) electrons. The van der Waals surface area contributed by atoms with Crippen molar-refractivity contribution in [1.82, 2.24) is 0 Å². The third-order valence-corrected chi connectivity index (χ3v) is 1.11. The van der Waals surface area contributed by atoms with Crippen molar-refractivity contribution in [1.29, 1.82) is 0 Å². The molecule has 0 aliphatic heterocycles. The number of unbranched alkanes of at least 4 members (excludes halogenated alkanes) is 2. The highest BCUT2D eigenvalue weighted by Crippen LogP contribution is 1.93. The van der Waals surface area contributed by atoms with Crippen LogP contribution in [-0.2, 0) is 9.59 Å². The first kappa shape index (κ1) is 13.1. The summed E-state index contributed by atoms with van der Waals surface area (Å²) in [5, 5.41) is 7.35. The van der Waals surface area contributed by atoms with Crippen molar-refractivity contribution in [2.24, 2.45) is 0 Å². The number of carboxylic acids is 1. The molecule has 0 aromatic carbocycles. The lowest BCUT2D eigenvalue weighted by atomic mass is 10.3. The smallest absolute Gasteiger partial charge is 0.368 e. The van der Waals surface area contributed by atoms with Crippen LogP contribution >= 0.6 is 11.6 Å². The normalized spacial score (nSPS) is 7.82. The molecule has 0 bridgehead atoms. The van der Waals surface area contributed by atoms with Crippen molar-refractivity contribution >= 4 is 23.9 Å². The summed E-state index contributed by atoms with van der Waals surface area (Å²) in [6.45, 7) is 2.17. The van der Waals surface area contributed by atoms with Gasteiger partial charge in [-0.2, -0.15) is 0 Å². The van der Waals surface area contributed by atoms with Crippen LogP contribution in [0.2, 0.25) is 0 Å². The minimum Gasteiger partial charge on any atom is -0.476 e. The Kier molecular flexibility index (Phi) is 14.4. The maximum absolute atomic E-state index is 9.00. The molecular formula is C7H13ClO3. The molecule has 0 saturated carbocycles. The second kappa shape index (κ2) is 12.1. The van der Waals surface area contributed by atoms with Crippen LogP contribution in [0.1, 0.15) is 26.2 Å². The monoisotopic (exact) mass is 180 g/mol. The minimum absolute atomic E-state index is 0.167. The lowest BCUT2D eigenvalue weighted by Gasteiger charge is -1.84. The molecular weight excluding hydrogens is 168 g/mol. The predicted molar refractivity (Wildman–Crippen MR) is 43.9 cm³/mol. The number of hydrogen-bond donors (Lipinski definition) is 1. The number of rotatable bonds is 4. The van der Waals surface area contributed by atoms with Crippen molar-refractivity contribution in [3.8, 4) is 0 Å². The number of halogens is 1. The van der Waals surface area contributed by atoms with Gasteiger partial charge in [-0.25, -0.2) is 4.79 Å². The number of carboxylic acid groups (broad SMARTS) is 1. The predicted octanol–water partition coefficient (Wildman–Crippen LogP) is 1.69. The fraction of sp³-hybridized carbons (Fsp3) is 0.714. The van der Waals surface area contributed by atoms with E-state index in [1.54, 1.807) is 0 Å². The highest BCUT2D eigenvalue weighted by Gasteiger charge is 1.80. The Balaban J connectivity index is 0. The lowest BCUT2D eigenvalue weighted by Crippen LogP contribution is -1.91. The fourth-order valence-electron chi connectivity index (χ4n) is 0.344. The Morgan fingerprint density at radius 2 is 2.00 bits per heavy atom. The zero-order valence-corrected chi connectivity index (χ0v) is 7.30. The molecule has 0 saturated heterocycles. The number of hydrogen-bond acceptors (Lipinski definition) is 2. The maximum atomic E-state index is 9.00.